The summed E-state index contributed by atoms with van der Waals surface area (Å²) in [6.07, 6.45) is 0. The summed E-state index contributed by atoms with van der Waals surface area (Å²) in [7, 11) is 0. The van der Waals surface area contributed by atoms with Crippen molar-refractivity contribution in [1.82, 2.24) is 0 Å². The highest BCUT2D eigenvalue weighted by atomic mass is 16.4. The number of hydrogen-bond donors (Lipinski definition) is 2. The lowest BCUT2D eigenvalue weighted by Gasteiger charge is -1.86. The molecule has 0 unspecified atom stereocenters. The predicted octanol–water partition coefficient (Wildman–Crippen LogP) is 0.306. The van der Waals surface area contributed by atoms with Gasteiger partial charge in [0.25, 0.3) is 0 Å². The molecule has 5 nitrogen and oxygen atoms in total. The van der Waals surface area contributed by atoms with E-state index in [1.165, 1.54) is 0 Å². The average molecular weight is 128 g/mol. The van der Waals surface area contributed by atoms with Crippen molar-refractivity contribution in [2.24, 2.45) is 10.2 Å². The summed E-state index contributed by atoms with van der Waals surface area (Å²) in [4.78, 5) is 10.0. The fourth-order valence-corrected chi connectivity index (χ4v) is 0.472. The van der Waals surface area contributed by atoms with Gasteiger partial charge in [-0.05, 0) is 0 Å². The fourth-order valence-electron chi connectivity index (χ4n) is 0.472. The second kappa shape index (κ2) is 1.85. The van der Waals surface area contributed by atoms with Crippen LogP contribution in [0.4, 0.5) is 0 Å². The quantitative estimate of drug-likeness (QED) is 0.533. The van der Waals surface area contributed by atoms with Crippen LogP contribution in [0.1, 0.15) is 0 Å². The first-order chi connectivity index (χ1) is 4.22. The third-order valence-electron chi connectivity index (χ3n) is 0.867. The van der Waals surface area contributed by atoms with E-state index >= 15 is 0 Å². The maximum Gasteiger partial charge on any atom is 0.360 e. The van der Waals surface area contributed by atoms with Crippen molar-refractivity contribution in [3.05, 3.63) is 11.5 Å². The van der Waals surface area contributed by atoms with Gasteiger partial charge < -0.3 is 10.2 Å². The van der Waals surface area contributed by atoms with E-state index < -0.39 is 5.97 Å². The van der Waals surface area contributed by atoms with Gasteiger partial charge in [-0.25, -0.2) is 4.79 Å². The molecule has 0 fully saturated rings. The number of aliphatic hydroxyl groups is 1. The Morgan fingerprint density at radius 3 is 2.56 bits per heavy atom. The van der Waals surface area contributed by atoms with Gasteiger partial charge in [-0.2, -0.15) is 5.11 Å². The molecule has 5 heteroatoms. The standard InChI is InChI=1S/C4H4N2O3/c7-2-1-5-6-3(2)4(8)9/h7H,1H2,(H,8,9). The van der Waals surface area contributed by atoms with Crippen LogP contribution in [0.2, 0.25) is 0 Å². The van der Waals surface area contributed by atoms with Crippen molar-refractivity contribution in [3.63, 3.8) is 0 Å². The number of hydrogen-bond acceptors (Lipinski definition) is 4. The van der Waals surface area contributed by atoms with E-state index in [1.807, 2.05) is 0 Å². The van der Waals surface area contributed by atoms with Gasteiger partial charge in [-0.1, -0.05) is 0 Å². The van der Waals surface area contributed by atoms with Gasteiger partial charge in [0.15, 0.2) is 5.76 Å². The maximum atomic E-state index is 10.0. The number of aliphatic hydroxyl groups excluding tert-OH is 1. The Balaban J connectivity index is 2.89. The van der Waals surface area contributed by atoms with Crippen LogP contribution in [-0.4, -0.2) is 22.7 Å². The van der Waals surface area contributed by atoms with E-state index in [0.717, 1.165) is 0 Å². The number of carbonyl (C=O) groups is 1. The van der Waals surface area contributed by atoms with Crippen LogP contribution in [0, 0.1) is 0 Å². The van der Waals surface area contributed by atoms with Gasteiger partial charge in [0.05, 0.1) is 0 Å². The molecule has 0 aromatic carbocycles. The number of carboxylic acids is 1. The highest BCUT2D eigenvalue weighted by molar-refractivity contribution is 5.86. The number of carboxylic acid groups (broad SMARTS) is 1. The molecule has 1 aliphatic rings. The lowest BCUT2D eigenvalue weighted by molar-refractivity contribution is -0.132. The van der Waals surface area contributed by atoms with Gasteiger partial charge in [0.1, 0.15) is 6.54 Å². The lowest BCUT2D eigenvalue weighted by atomic mass is 10.4. The first-order valence-corrected chi connectivity index (χ1v) is 2.24. The van der Waals surface area contributed by atoms with Crippen LogP contribution in [-0.2, 0) is 4.79 Å². The number of nitrogens with zero attached hydrogens (tertiary/aromatic N) is 2. The Morgan fingerprint density at radius 1 is 1.67 bits per heavy atom. The highest BCUT2D eigenvalue weighted by Gasteiger charge is 2.17. The molecule has 1 rings (SSSR count). The molecule has 9 heavy (non-hydrogen) atoms. The summed E-state index contributed by atoms with van der Waals surface area (Å²) in [6.45, 7) is -0.0123. The molecule has 0 saturated heterocycles. The van der Waals surface area contributed by atoms with Gasteiger partial charge >= 0.3 is 5.97 Å². The van der Waals surface area contributed by atoms with Crippen LogP contribution >= 0.6 is 0 Å². The minimum absolute atomic E-state index is 0.0123. The monoisotopic (exact) mass is 128 g/mol. The van der Waals surface area contributed by atoms with Crippen molar-refractivity contribution in [2.75, 3.05) is 6.54 Å². The van der Waals surface area contributed by atoms with Gasteiger partial charge in [-0.3, -0.25) is 0 Å². The molecule has 0 aliphatic carbocycles. The Labute approximate surface area is 50.3 Å². The normalized spacial score (nSPS) is 16.9. The van der Waals surface area contributed by atoms with Crippen molar-refractivity contribution < 1.29 is 15.0 Å². The SMILES string of the molecule is O=C(O)C1=C(O)CN=N1. The summed E-state index contributed by atoms with van der Waals surface area (Å²) in [6, 6.07) is 0. The second-order valence-corrected chi connectivity index (χ2v) is 1.50. The van der Waals surface area contributed by atoms with E-state index in [9.17, 15) is 4.79 Å². The maximum absolute atomic E-state index is 10.0. The smallest absolute Gasteiger partial charge is 0.360 e. The minimum atomic E-state index is -1.24. The first kappa shape index (κ1) is 5.74. The van der Waals surface area contributed by atoms with Crippen molar-refractivity contribution in [1.29, 1.82) is 0 Å². The minimum Gasteiger partial charge on any atom is -0.508 e. The summed E-state index contributed by atoms with van der Waals surface area (Å²) in [5.74, 6) is -1.52. The Morgan fingerprint density at radius 2 is 2.33 bits per heavy atom. The molecule has 0 bridgehead atoms. The molecule has 1 heterocycles. The summed E-state index contributed by atoms with van der Waals surface area (Å²) < 4.78 is 0. The molecule has 1 aliphatic heterocycles. The zero-order valence-electron chi connectivity index (χ0n) is 4.40. The molecular formula is C4H4N2O3. The van der Waals surface area contributed by atoms with Crippen LogP contribution in [0.5, 0.6) is 0 Å². The van der Waals surface area contributed by atoms with Crippen molar-refractivity contribution >= 4 is 5.97 Å². The third kappa shape index (κ3) is 0.883. The number of aliphatic carboxylic acids is 1. The van der Waals surface area contributed by atoms with Gasteiger partial charge in [0, 0.05) is 0 Å². The molecule has 0 spiro atoms. The number of rotatable bonds is 1. The Kier molecular flexibility index (Phi) is 1.18. The molecule has 0 saturated carbocycles. The van der Waals surface area contributed by atoms with Crippen molar-refractivity contribution in [2.45, 2.75) is 0 Å². The zero-order chi connectivity index (χ0) is 6.85. The first-order valence-electron chi connectivity index (χ1n) is 2.24. The van der Waals surface area contributed by atoms with E-state index in [0.29, 0.717) is 0 Å². The topological polar surface area (TPSA) is 82.2 Å². The predicted molar refractivity (Wildman–Crippen MR) is 27.0 cm³/mol. The van der Waals surface area contributed by atoms with Crippen LogP contribution in [0.3, 0.4) is 0 Å². The van der Waals surface area contributed by atoms with E-state index in [2.05, 4.69) is 10.2 Å². The molecular weight excluding hydrogens is 124 g/mol. The molecule has 2 N–H and O–H groups in total. The Bertz CT molecular complexity index is 206. The molecule has 0 aromatic heterocycles. The third-order valence-corrected chi connectivity index (χ3v) is 0.867. The summed E-state index contributed by atoms with van der Waals surface area (Å²) in [5, 5.41) is 23.3. The fraction of sp³-hybridized carbons (Fsp3) is 0.250. The van der Waals surface area contributed by atoms with Crippen LogP contribution in [0.25, 0.3) is 0 Å². The van der Waals surface area contributed by atoms with Gasteiger partial charge in [-0.15, -0.1) is 5.11 Å². The lowest BCUT2D eigenvalue weighted by Crippen LogP contribution is -1.99. The van der Waals surface area contributed by atoms with E-state index in [4.69, 9.17) is 10.2 Å². The molecule has 0 amide bonds. The molecule has 0 radical (unpaired) electrons. The molecule has 48 valence electrons. The van der Waals surface area contributed by atoms with Crippen LogP contribution < -0.4 is 0 Å². The summed E-state index contributed by atoms with van der Waals surface area (Å²) >= 11 is 0. The van der Waals surface area contributed by atoms with E-state index in [1.54, 1.807) is 0 Å². The summed E-state index contributed by atoms with van der Waals surface area (Å²) in [5.41, 5.74) is -0.352. The average Bonchev–Trinajstić information content (AvgIpc) is 2.13. The Hall–Kier alpha value is -1.39. The largest absolute Gasteiger partial charge is 0.508 e. The highest BCUT2D eigenvalue weighted by Crippen LogP contribution is 2.11. The second-order valence-electron chi connectivity index (χ2n) is 1.50. The zero-order valence-corrected chi connectivity index (χ0v) is 4.40. The molecule has 0 aromatic rings. The molecule has 0 atom stereocenters. The van der Waals surface area contributed by atoms with Crippen LogP contribution in [0.15, 0.2) is 21.7 Å². The van der Waals surface area contributed by atoms with Crippen molar-refractivity contribution in [3.8, 4) is 0 Å². The van der Waals surface area contributed by atoms with E-state index in [-0.39, 0.29) is 18.0 Å². The number of azo groups is 1. The van der Waals surface area contributed by atoms with Gasteiger partial charge in [0.2, 0.25) is 5.70 Å².